The first-order chi connectivity index (χ1) is 5.95. The van der Waals surface area contributed by atoms with E-state index in [1.165, 1.54) is 0 Å². The molecular formula is C8H10N2O3. The second kappa shape index (κ2) is 3.01. The van der Waals surface area contributed by atoms with Crippen molar-refractivity contribution in [2.24, 2.45) is 0 Å². The van der Waals surface area contributed by atoms with Crippen LogP contribution in [0.5, 0.6) is 0 Å². The molecule has 0 saturated heterocycles. The molecule has 0 amide bonds. The van der Waals surface area contributed by atoms with Crippen molar-refractivity contribution in [1.82, 2.24) is 0 Å². The summed E-state index contributed by atoms with van der Waals surface area (Å²) < 4.78 is 0.366. The Balaban J connectivity index is 3.53. The molecule has 0 bridgehead atoms. The average Bonchev–Trinajstić information content (AvgIpc) is 1.99. The van der Waals surface area contributed by atoms with E-state index in [1.807, 2.05) is 0 Å². The van der Waals surface area contributed by atoms with Gasteiger partial charge in [-0.3, -0.25) is 10.1 Å². The van der Waals surface area contributed by atoms with Gasteiger partial charge in [0.15, 0.2) is 5.69 Å². The average molecular weight is 182 g/mol. The van der Waals surface area contributed by atoms with Gasteiger partial charge in [0.1, 0.15) is 10.5 Å². The van der Waals surface area contributed by atoms with Gasteiger partial charge in [-0.05, 0) is 19.9 Å². The van der Waals surface area contributed by atoms with E-state index in [4.69, 9.17) is 0 Å². The maximum Gasteiger partial charge on any atom is 0.515 e. The quantitative estimate of drug-likeness (QED) is 0.283. The number of nitrogens with zero attached hydrogens (tertiary/aromatic N) is 2. The van der Waals surface area contributed by atoms with Crippen molar-refractivity contribution in [1.29, 1.82) is 0 Å². The molecule has 0 spiro atoms. The number of nitro groups is 1. The maximum atomic E-state index is 11.3. The summed E-state index contributed by atoms with van der Waals surface area (Å²) in [6.45, 7) is 4.87. The minimum Gasteiger partial charge on any atom is -0.614 e. The molecule has 0 N–H and O–H groups in total. The molecule has 0 aliphatic rings. The highest BCUT2D eigenvalue weighted by molar-refractivity contribution is 5.31. The van der Waals surface area contributed by atoms with Gasteiger partial charge in [0.25, 0.3) is 0 Å². The number of hydrogen-bond donors (Lipinski definition) is 0. The standard InChI is InChI=1S/C8H10N2O3/c1-5-4-6(2)8(10(12)13)9(11)7(5)3/h4H,1-3H3. The summed E-state index contributed by atoms with van der Waals surface area (Å²) in [5.74, 6) is -0.386. The molecular weight excluding hydrogens is 172 g/mol. The van der Waals surface area contributed by atoms with Gasteiger partial charge >= 0.3 is 5.82 Å². The van der Waals surface area contributed by atoms with Crippen molar-refractivity contribution < 1.29 is 9.65 Å². The Morgan fingerprint density at radius 2 is 1.85 bits per heavy atom. The lowest BCUT2D eigenvalue weighted by molar-refractivity contribution is -0.670. The normalized spacial score (nSPS) is 10.1. The van der Waals surface area contributed by atoms with Gasteiger partial charge in [-0.15, -0.1) is 4.73 Å². The Morgan fingerprint density at radius 3 is 2.31 bits per heavy atom. The van der Waals surface area contributed by atoms with E-state index in [0.717, 1.165) is 5.56 Å². The van der Waals surface area contributed by atoms with Crippen LogP contribution in [0.25, 0.3) is 0 Å². The van der Waals surface area contributed by atoms with Crippen LogP contribution in [-0.2, 0) is 0 Å². The van der Waals surface area contributed by atoms with Crippen molar-refractivity contribution in [2.75, 3.05) is 0 Å². The summed E-state index contributed by atoms with van der Waals surface area (Å²) in [6, 6.07) is 1.64. The van der Waals surface area contributed by atoms with E-state index in [1.54, 1.807) is 26.8 Å². The van der Waals surface area contributed by atoms with E-state index in [0.29, 0.717) is 16.0 Å². The zero-order valence-electron chi connectivity index (χ0n) is 7.70. The zero-order chi connectivity index (χ0) is 10.2. The molecule has 0 atom stereocenters. The van der Waals surface area contributed by atoms with Gasteiger partial charge < -0.3 is 5.21 Å². The second-order valence-corrected chi connectivity index (χ2v) is 2.97. The van der Waals surface area contributed by atoms with Crippen LogP contribution in [0.3, 0.4) is 0 Å². The van der Waals surface area contributed by atoms with E-state index in [-0.39, 0.29) is 5.82 Å². The van der Waals surface area contributed by atoms with Crippen molar-refractivity contribution in [3.8, 4) is 0 Å². The van der Waals surface area contributed by atoms with Gasteiger partial charge in [-0.25, -0.2) is 0 Å². The molecule has 1 aromatic heterocycles. The lowest BCUT2D eigenvalue weighted by Crippen LogP contribution is -2.35. The Labute approximate surface area is 75.4 Å². The Kier molecular flexibility index (Phi) is 2.18. The van der Waals surface area contributed by atoms with Crippen LogP contribution < -0.4 is 4.73 Å². The van der Waals surface area contributed by atoms with Gasteiger partial charge in [0, 0.05) is 12.5 Å². The van der Waals surface area contributed by atoms with E-state index in [2.05, 4.69) is 0 Å². The smallest absolute Gasteiger partial charge is 0.515 e. The zero-order valence-corrected chi connectivity index (χ0v) is 7.70. The first-order valence-electron chi connectivity index (χ1n) is 3.80. The molecule has 0 radical (unpaired) electrons. The third-order valence-corrected chi connectivity index (χ3v) is 2.03. The predicted octanol–water partition coefficient (Wildman–Crippen LogP) is 1.15. The molecule has 1 rings (SSSR count). The van der Waals surface area contributed by atoms with E-state index in [9.17, 15) is 15.3 Å². The van der Waals surface area contributed by atoms with Crippen molar-refractivity contribution >= 4 is 5.82 Å². The summed E-state index contributed by atoms with van der Waals surface area (Å²) in [4.78, 5) is 9.83. The topological polar surface area (TPSA) is 70.1 Å². The van der Waals surface area contributed by atoms with Gasteiger partial charge in [0.2, 0.25) is 0 Å². The van der Waals surface area contributed by atoms with Crippen molar-refractivity contribution in [2.45, 2.75) is 20.8 Å². The Hall–Kier alpha value is -1.65. The fourth-order valence-electron chi connectivity index (χ4n) is 1.19. The number of aryl methyl sites for hydroxylation is 2. The molecule has 0 unspecified atom stereocenters. The van der Waals surface area contributed by atoms with Crippen LogP contribution in [0, 0.1) is 36.1 Å². The lowest BCUT2D eigenvalue weighted by Gasteiger charge is -2.04. The minimum absolute atomic E-state index is 0.366. The van der Waals surface area contributed by atoms with Gasteiger partial charge in [-0.1, -0.05) is 0 Å². The number of aromatic nitrogens is 1. The molecule has 70 valence electrons. The molecule has 0 aliphatic carbocycles. The lowest BCUT2D eigenvalue weighted by atomic mass is 10.1. The monoisotopic (exact) mass is 182 g/mol. The highest BCUT2D eigenvalue weighted by atomic mass is 16.6. The minimum atomic E-state index is -0.658. The summed E-state index contributed by atoms with van der Waals surface area (Å²) in [5, 5.41) is 21.8. The molecule has 0 fully saturated rings. The van der Waals surface area contributed by atoms with E-state index >= 15 is 0 Å². The van der Waals surface area contributed by atoms with Crippen LogP contribution >= 0.6 is 0 Å². The van der Waals surface area contributed by atoms with Crippen LogP contribution in [-0.4, -0.2) is 4.92 Å². The molecule has 0 aromatic carbocycles. The highest BCUT2D eigenvalue weighted by Crippen LogP contribution is 2.15. The first-order valence-corrected chi connectivity index (χ1v) is 3.80. The summed E-state index contributed by atoms with van der Waals surface area (Å²) in [5.41, 5.74) is 1.53. The van der Waals surface area contributed by atoms with Crippen LogP contribution in [0.4, 0.5) is 5.82 Å². The van der Waals surface area contributed by atoms with Crippen LogP contribution in [0.1, 0.15) is 16.8 Å². The largest absolute Gasteiger partial charge is 0.614 e. The van der Waals surface area contributed by atoms with Crippen LogP contribution in [0.15, 0.2) is 6.07 Å². The fourth-order valence-corrected chi connectivity index (χ4v) is 1.19. The molecule has 5 nitrogen and oxygen atoms in total. The van der Waals surface area contributed by atoms with Crippen molar-refractivity contribution in [3.05, 3.63) is 38.2 Å². The third kappa shape index (κ3) is 1.44. The SMILES string of the molecule is Cc1cc(C)c([N+](=O)[O-])[n+]([O-])c1C. The maximum absolute atomic E-state index is 11.3. The molecule has 1 heterocycles. The first kappa shape index (κ1) is 9.44. The Bertz CT molecular complexity index is 374. The van der Waals surface area contributed by atoms with E-state index < -0.39 is 4.92 Å². The third-order valence-electron chi connectivity index (χ3n) is 2.03. The molecule has 13 heavy (non-hydrogen) atoms. The number of rotatable bonds is 1. The molecule has 5 heteroatoms. The van der Waals surface area contributed by atoms with Crippen LogP contribution in [0.2, 0.25) is 0 Å². The van der Waals surface area contributed by atoms with Crippen molar-refractivity contribution in [3.63, 3.8) is 0 Å². The number of pyridine rings is 1. The fraction of sp³-hybridized carbons (Fsp3) is 0.375. The predicted molar refractivity (Wildman–Crippen MR) is 46.3 cm³/mol. The molecule has 0 saturated carbocycles. The van der Waals surface area contributed by atoms with Gasteiger partial charge in [0.05, 0.1) is 0 Å². The number of hydrogen-bond acceptors (Lipinski definition) is 3. The summed E-state index contributed by atoms with van der Waals surface area (Å²) in [7, 11) is 0. The molecule has 0 aliphatic heterocycles. The second-order valence-electron chi connectivity index (χ2n) is 2.97. The van der Waals surface area contributed by atoms with Gasteiger partial charge in [-0.2, -0.15) is 0 Å². The molecule has 1 aromatic rings. The highest BCUT2D eigenvalue weighted by Gasteiger charge is 2.25. The summed E-state index contributed by atoms with van der Waals surface area (Å²) in [6.07, 6.45) is 0. The Morgan fingerprint density at radius 1 is 1.31 bits per heavy atom. The summed E-state index contributed by atoms with van der Waals surface area (Å²) >= 11 is 0.